The van der Waals surface area contributed by atoms with E-state index in [-0.39, 0.29) is 5.12 Å². The molecule has 0 heterocycles. The van der Waals surface area contributed by atoms with Crippen molar-refractivity contribution in [3.05, 3.63) is 35.4 Å². The zero-order valence-electron chi connectivity index (χ0n) is 8.28. The van der Waals surface area contributed by atoms with Gasteiger partial charge in [0.2, 0.25) is 0 Å². The zero-order chi connectivity index (χ0) is 11.1. The molecular formula is C12H9NOS. The lowest BCUT2D eigenvalue weighted by molar-refractivity contribution is -0.109. The van der Waals surface area contributed by atoms with Crippen LogP contribution in [0.2, 0.25) is 0 Å². The summed E-state index contributed by atoms with van der Waals surface area (Å²) in [6.07, 6.45) is 0. The van der Waals surface area contributed by atoms with Crippen molar-refractivity contribution in [3.8, 4) is 17.9 Å². The predicted molar refractivity (Wildman–Crippen MR) is 61.2 cm³/mol. The lowest BCUT2D eigenvalue weighted by atomic mass is 10.1. The van der Waals surface area contributed by atoms with Crippen LogP contribution < -0.4 is 0 Å². The smallest absolute Gasteiger partial charge is 0.186 e. The van der Waals surface area contributed by atoms with Gasteiger partial charge in [0.15, 0.2) is 5.12 Å². The normalized spacial score (nSPS) is 8.53. The van der Waals surface area contributed by atoms with Crippen molar-refractivity contribution in [1.82, 2.24) is 0 Å². The summed E-state index contributed by atoms with van der Waals surface area (Å²) < 4.78 is 0. The van der Waals surface area contributed by atoms with Crippen molar-refractivity contribution in [2.24, 2.45) is 0 Å². The molecule has 3 heteroatoms. The number of thioether (sulfide) groups is 1. The molecule has 0 unspecified atom stereocenters. The van der Waals surface area contributed by atoms with Gasteiger partial charge in [0, 0.05) is 12.5 Å². The second-order valence-electron chi connectivity index (χ2n) is 2.74. The van der Waals surface area contributed by atoms with E-state index in [1.807, 2.05) is 6.07 Å². The van der Waals surface area contributed by atoms with E-state index in [0.29, 0.717) is 16.9 Å². The highest BCUT2D eigenvalue weighted by Crippen LogP contribution is 2.05. The molecule has 0 N–H and O–H groups in total. The van der Waals surface area contributed by atoms with E-state index in [4.69, 9.17) is 5.26 Å². The molecule has 0 atom stereocenters. The molecule has 1 aromatic carbocycles. The number of nitriles is 1. The number of benzene rings is 1. The summed E-state index contributed by atoms with van der Waals surface area (Å²) in [5, 5.41) is 8.84. The molecule has 0 aromatic heterocycles. The maximum atomic E-state index is 10.6. The van der Waals surface area contributed by atoms with Gasteiger partial charge >= 0.3 is 0 Å². The molecule has 0 bridgehead atoms. The van der Waals surface area contributed by atoms with Crippen LogP contribution in [0.3, 0.4) is 0 Å². The van der Waals surface area contributed by atoms with Crippen molar-refractivity contribution in [1.29, 1.82) is 5.26 Å². The van der Waals surface area contributed by atoms with Gasteiger partial charge in [-0.15, -0.1) is 0 Å². The third-order valence-electron chi connectivity index (χ3n) is 1.62. The van der Waals surface area contributed by atoms with Crippen LogP contribution in [-0.4, -0.2) is 10.9 Å². The maximum Gasteiger partial charge on any atom is 0.186 e. The number of carbonyl (C=O) groups is 1. The number of nitrogens with zero attached hydrogens (tertiary/aromatic N) is 1. The van der Waals surface area contributed by atoms with E-state index in [9.17, 15) is 4.79 Å². The van der Waals surface area contributed by atoms with Crippen LogP contribution in [-0.2, 0) is 4.79 Å². The zero-order valence-corrected chi connectivity index (χ0v) is 9.10. The fourth-order valence-electron chi connectivity index (χ4n) is 0.959. The third-order valence-corrected chi connectivity index (χ3v) is 2.31. The number of carbonyl (C=O) groups excluding carboxylic acids is 1. The highest BCUT2D eigenvalue weighted by Gasteiger charge is 1.95. The van der Waals surface area contributed by atoms with Crippen molar-refractivity contribution < 1.29 is 4.79 Å². The van der Waals surface area contributed by atoms with Crippen LogP contribution in [0.5, 0.6) is 0 Å². The van der Waals surface area contributed by atoms with Crippen LogP contribution >= 0.6 is 11.8 Å². The monoisotopic (exact) mass is 215 g/mol. The summed E-state index contributed by atoms with van der Waals surface area (Å²) in [5.41, 5.74) is 1.28. The Morgan fingerprint density at radius 2 is 2.07 bits per heavy atom. The lowest BCUT2D eigenvalue weighted by Crippen LogP contribution is -1.84. The predicted octanol–water partition coefficient (Wildman–Crippen LogP) is 2.19. The van der Waals surface area contributed by atoms with Gasteiger partial charge in [-0.05, 0) is 12.1 Å². The second kappa shape index (κ2) is 5.90. The molecule has 0 saturated heterocycles. The summed E-state index contributed by atoms with van der Waals surface area (Å²) in [6.45, 7) is 1.51. The highest BCUT2D eigenvalue weighted by atomic mass is 32.2. The van der Waals surface area contributed by atoms with Gasteiger partial charge in [-0.1, -0.05) is 35.7 Å². The van der Waals surface area contributed by atoms with Gasteiger partial charge in [0.25, 0.3) is 0 Å². The minimum atomic E-state index is 0.0536. The van der Waals surface area contributed by atoms with Crippen molar-refractivity contribution in [2.75, 3.05) is 5.75 Å². The van der Waals surface area contributed by atoms with E-state index < -0.39 is 0 Å². The van der Waals surface area contributed by atoms with Crippen LogP contribution in [0.1, 0.15) is 18.1 Å². The standard InChI is InChI=1S/C12H9NOS/c1-10(14)15-8-4-7-11-5-2-3-6-12(11)9-13/h2-3,5-6H,8H2,1H3. The summed E-state index contributed by atoms with van der Waals surface area (Å²) in [6, 6.07) is 9.22. The molecule has 74 valence electrons. The minimum absolute atomic E-state index is 0.0536. The fourth-order valence-corrected chi connectivity index (χ4v) is 1.31. The quantitative estimate of drug-likeness (QED) is 0.674. The average molecular weight is 215 g/mol. The van der Waals surface area contributed by atoms with E-state index in [2.05, 4.69) is 17.9 Å². The Morgan fingerprint density at radius 1 is 1.40 bits per heavy atom. The second-order valence-corrected chi connectivity index (χ2v) is 3.89. The fraction of sp³-hybridized carbons (Fsp3) is 0.167. The average Bonchev–Trinajstić information content (AvgIpc) is 2.24. The number of hydrogen-bond donors (Lipinski definition) is 0. The van der Waals surface area contributed by atoms with Gasteiger partial charge in [-0.25, -0.2) is 0 Å². The first kappa shape index (κ1) is 11.4. The molecule has 0 fully saturated rings. The van der Waals surface area contributed by atoms with Gasteiger partial charge in [0.05, 0.1) is 11.3 Å². The van der Waals surface area contributed by atoms with E-state index in [1.54, 1.807) is 18.2 Å². The topological polar surface area (TPSA) is 40.9 Å². The number of hydrogen-bond acceptors (Lipinski definition) is 3. The van der Waals surface area contributed by atoms with Crippen LogP contribution in [0.25, 0.3) is 0 Å². The summed E-state index contributed by atoms with van der Waals surface area (Å²) >= 11 is 1.17. The van der Waals surface area contributed by atoms with Gasteiger partial charge in [-0.3, -0.25) is 4.79 Å². The lowest BCUT2D eigenvalue weighted by Gasteiger charge is -1.92. The molecule has 0 aliphatic carbocycles. The van der Waals surface area contributed by atoms with E-state index >= 15 is 0 Å². The number of rotatable bonds is 1. The Kier molecular flexibility index (Phi) is 4.47. The molecule has 0 aliphatic heterocycles. The molecule has 0 amide bonds. The molecule has 0 aliphatic rings. The van der Waals surface area contributed by atoms with Crippen LogP contribution in [0.15, 0.2) is 24.3 Å². The Bertz CT molecular complexity index is 462. The summed E-state index contributed by atoms with van der Waals surface area (Å²) in [7, 11) is 0. The third kappa shape index (κ3) is 3.89. The minimum Gasteiger partial charge on any atom is -0.288 e. The van der Waals surface area contributed by atoms with Gasteiger partial charge < -0.3 is 0 Å². The summed E-state index contributed by atoms with van der Waals surface area (Å²) in [4.78, 5) is 10.6. The molecular weight excluding hydrogens is 206 g/mol. The van der Waals surface area contributed by atoms with Crippen molar-refractivity contribution in [3.63, 3.8) is 0 Å². The summed E-state index contributed by atoms with van der Waals surface area (Å²) in [5.74, 6) is 6.19. The molecule has 0 saturated carbocycles. The largest absolute Gasteiger partial charge is 0.288 e. The van der Waals surface area contributed by atoms with E-state index in [1.165, 1.54) is 18.7 Å². The van der Waals surface area contributed by atoms with Crippen LogP contribution in [0.4, 0.5) is 0 Å². The Hall–Kier alpha value is -1.71. The molecule has 15 heavy (non-hydrogen) atoms. The van der Waals surface area contributed by atoms with Gasteiger partial charge in [0.1, 0.15) is 6.07 Å². The molecule has 2 nitrogen and oxygen atoms in total. The molecule has 0 radical (unpaired) electrons. The van der Waals surface area contributed by atoms with Crippen molar-refractivity contribution in [2.45, 2.75) is 6.92 Å². The SMILES string of the molecule is CC(=O)SCC#Cc1ccccc1C#N. The first-order valence-electron chi connectivity index (χ1n) is 4.35. The van der Waals surface area contributed by atoms with E-state index in [0.717, 1.165) is 0 Å². The highest BCUT2D eigenvalue weighted by molar-refractivity contribution is 8.13. The first-order chi connectivity index (χ1) is 7.24. The Labute approximate surface area is 93.3 Å². The van der Waals surface area contributed by atoms with Gasteiger partial charge in [-0.2, -0.15) is 5.26 Å². The maximum absolute atomic E-state index is 10.6. The molecule has 1 aromatic rings. The molecule has 0 spiro atoms. The Morgan fingerprint density at radius 3 is 2.67 bits per heavy atom. The van der Waals surface area contributed by atoms with Crippen molar-refractivity contribution >= 4 is 16.9 Å². The Balaban J connectivity index is 2.72. The molecule has 1 rings (SSSR count). The first-order valence-corrected chi connectivity index (χ1v) is 5.34. The van der Waals surface area contributed by atoms with Crippen LogP contribution in [0, 0.1) is 23.2 Å².